The fraction of sp³-hybridized carbons (Fsp3) is 0.688. The Kier molecular flexibility index (Phi) is 4.84. The second kappa shape index (κ2) is 6.86. The minimum atomic E-state index is -0.231. The molecular formula is C16H24N4O2S. The van der Waals surface area contributed by atoms with Crippen molar-refractivity contribution in [3.05, 3.63) is 10.6 Å². The number of fused-ring (bicyclic) bond motifs is 1. The summed E-state index contributed by atoms with van der Waals surface area (Å²) in [7, 11) is 0. The van der Waals surface area contributed by atoms with E-state index in [2.05, 4.69) is 15.6 Å². The highest BCUT2D eigenvalue weighted by molar-refractivity contribution is 7.15. The lowest BCUT2D eigenvalue weighted by molar-refractivity contribution is -0.136. The molecule has 0 spiro atoms. The lowest BCUT2D eigenvalue weighted by Gasteiger charge is -2.28. The van der Waals surface area contributed by atoms with Gasteiger partial charge in [0.1, 0.15) is 0 Å². The number of hydrogen-bond acceptors (Lipinski definition) is 4. The van der Waals surface area contributed by atoms with Crippen LogP contribution in [-0.2, 0) is 17.8 Å². The van der Waals surface area contributed by atoms with Crippen molar-refractivity contribution >= 4 is 28.4 Å². The molecule has 0 saturated heterocycles. The van der Waals surface area contributed by atoms with Gasteiger partial charge in [-0.15, -0.1) is 0 Å². The van der Waals surface area contributed by atoms with E-state index in [0.717, 1.165) is 36.4 Å². The van der Waals surface area contributed by atoms with Crippen LogP contribution in [-0.4, -0.2) is 34.4 Å². The van der Waals surface area contributed by atoms with E-state index in [0.29, 0.717) is 17.6 Å². The molecule has 7 heteroatoms. The number of nitrogens with one attached hydrogen (secondary N) is 2. The first-order valence-corrected chi connectivity index (χ1v) is 9.19. The van der Waals surface area contributed by atoms with Crippen molar-refractivity contribution in [1.82, 2.24) is 15.2 Å². The average Bonchev–Trinajstić information content (AvgIpc) is 3.13. The van der Waals surface area contributed by atoms with Gasteiger partial charge in [0.2, 0.25) is 5.91 Å². The monoisotopic (exact) mass is 336 g/mol. The van der Waals surface area contributed by atoms with Crippen LogP contribution in [0, 0.1) is 5.92 Å². The minimum Gasteiger partial charge on any atom is -0.337 e. The Morgan fingerprint density at radius 3 is 2.74 bits per heavy atom. The number of rotatable bonds is 3. The number of amides is 3. The van der Waals surface area contributed by atoms with Gasteiger partial charge in [-0.3, -0.25) is 10.1 Å². The first-order chi connectivity index (χ1) is 11.0. The molecule has 0 unspecified atom stereocenters. The smallest absolute Gasteiger partial charge is 0.321 e. The summed E-state index contributed by atoms with van der Waals surface area (Å²) in [5.41, 5.74) is 1.02. The van der Waals surface area contributed by atoms with Crippen molar-refractivity contribution in [2.24, 2.45) is 5.92 Å². The van der Waals surface area contributed by atoms with Gasteiger partial charge in [-0.1, -0.05) is 24.2 Å². The van der Waals surface area contributed by atoms with Gasteiger partial charge in [0.25, 0.3) is 0 Å². The van der Waals surface area contributed by atoms with Crippen molar-refractivity contribution in [2.45, 2.75) is 58.5 Å². The van der Waals surface area contributed by atoms with E-state index in [1.165, 1.54) is 24.2 Å². The molecule has 6 nitrogen and oxygen atoms in total. The van der Waals surface area contributed by atoms with Crippen LogP contribution < -0.4 is 10.6 Å². The Morgan fingerprint density at radius 2 is 2.04 bits per heavy atom. The summed E-state index contributed by atoms with van der Waals surface area (Å²) in [5, 5.41) is 6.19. The summed E-state index contributed by atoms with van der Waals surface area (Å²) in [6.07, 6.45) is 5.20. The molecule has 1 aliphatic carbocycles. The highest BCUT2D eigenvalue weighted by Crippen LogP contribution is 2.32. The van der Waals surface area contributed by atoms with Crippen LogP contribution in [0.4, 0.5) is 9.93 Å². The first kappa shape index (κ1) is 16.2. The van der Waals surface area contributed by atoms with Gasteiger partial charge in [0.05, 0.1) is 12.2 Å². The van der Waals surface area contributed by atoms with Gasteiger partial charge in [-0.05, 0) is 26.7 Å². The molecule has 0 aromatic carbocycles. The molecule has 23 heavy (non-hydrogen) atoms. The van der Waals surface area contributed by atoms with Crippen LogP contribution in [0.3, 0.4) is 0 Å². The number of carbonyl (C=O) groups is 2. The molecule has 1 aromatic heterocycles. The van der Waals surface area contributed by atoms with E-state index in [1.54, 1.807) is 0 Å². The number of aromatic nitrogens is 1. The zero-order chi connectivity index (χ0) is 16.4. The second-order valence-corrected chi connectivity index (χ2v) is 7.72. The molecule has 2 N–H and O–H groups in total. The Balaban J connectivity index is 1.62. The van der Waals surface area contributed by atoms with E-state index in [4.69, 9.17) is 0 Å². The third kappa shape index (κ3) is 3.83. The van der Waals surface area contributed by atoms with E-state index in [-0.39, 0.29) is 18.0 Å². The van der Waals surface area contributed by atoms with Gasteiger partial charge in [0.15, 0.2) is 5.13 Å². The Labute approximate surface area is 140 Å². The molecule has 1 fully saturated rings. The highest BCUT2D eigenvalue weighted by Gasteiger charge is 2.30. The summed E-state index contributed by atoms with van der Waals surface area (Å²) < 4.78 is 0. The molecule has 0 radical (unpaired) electrons. The predicted octanol–water partition coefficient (Wildman–Crippen LogP) is 2.75. The third-order valence-electron chi connectivity index (χ3n) is 4.39. The SMILES string of the molecule is CC(C)NC(=O)Nc1nc2c(s1)CN(C(=O)C1CCCC1)CC2. The first-order valence-electron chi connectivity index (χ1n) is 8.38. The number of urea groups is 1. The van der Waals surface area contributed by atoms with Crippen molar-refractivity contribution in [2.75, 3.05) is 11.9 Å². The van der Waals surface area contributed by atoms with Gasteiger partial charge in [0, 0.05) is 29.8 Å². The Bertz CT molecular complexity index is 593. The lowest BCUT2D eigenvalue weighted by atomic mass is 10.0. The van der Waals surface area contributed by atoms with Crippen LogP contribution in [0.5, 0.6) is 0 Å². The second-order valence-electron chi connectivity index (χ2n) is 6.63. The van der Waals surface area contributed by atoms with Crippen LogP contribution in [0.1, 0.15) is 50.1 Å². The molecule has 2 heterocycles. The summed E-state index contributed by atoms with van der Waals surface area (Å²) in [6.45, 7) is 5.21. The Hall–Kier alpha value is -1.63. The summed E-state index contributed by atoms with van der Waals surface area (Å²) >= 11 is 1.48. The minimum absolute atomic E-state index is 0.0871. The molecular weight excluding hydrogens is 312 g/mol. The number of anilines is 1. The molecule has 1 aliphatic heterocycles. The van der Waals surface area contributed by atoms with Crippen LogP contribution in [0.2, 0.25) is 0 Å². The normalized spacial score (nSPS) is 18.1. The molecule has 3 rings (SSSR count). The number of nitrogens with zero attached hydrogens (tertiary/aromatic N) is 2. The molecule has 2 aliphatic rings. The van der Waals surface area contributed by atoms with Crippen molar-refractivity contribution in [3.63, 3.8) is 0 Å². The predicted molar refractivity (Wildman–Crippen MR) is 90.5 cm³/mol. The van der Waals surface area contributed by atoms with Crippen molar-refractivity contribution in [1.29, 1.82) is 0 Å². The van der Waals surface area contributed by atoms with Crippen LogP contribution in [0.15, 0.2) is 0 Å². The maximum Gasteiger partial charge on any atom is 0.321 e. The van der Waals surface area contributed by atoms with Gasteiger partial charge >= 0.3 is 6.03 Å². The summed E-state index contributed by atoms with van der Waals surface area (Å²) in [6, 6.07) is -0.144. The van der Waals surface area contributed by atoms with Crippen molar-refractivity contribution < 1.29 is 9.59 Å². The van der Waals surface area contributed by atoms with Gasteiger partial charge in [-0.25, -0.2) is 9.78 Å². The zero-order valence-corrected chi connectivity index (χ0v) is 14.5. The topological polar surface area (TPSA) is 74.3 Å². The van der Waals surface area contributed by atoms with E-state index >= 15 is 0 Å². The summed E-state index contributed by atoms with van der Waals surface area (Å²) in [5.74, 6) is 0.521. The fourth-order valence-corrected chi connectivity index (χ4v) is 4.28. The van der Waals surface area contributed by atoms with Crippen LogP contribution in [0.25, 0.3) is 0 Å². The average molecular weight is 336 g/mol. The quantitative estimate of drug-likeness (QED) is 0.891. The summed E-state index contributed by atoms with van der Waals surface area (Å²) in [4.78, 5) is 31.9. The van der Waals surface area contributed by atoms with Gasteiger partial charge < -0.3 is 10.2 Å². The van der Waals surface area contributed by atoms with Crippen molar-refractivity contribution in [3.8, 4) is 0 Å². The number of carbonyl (C=O) groups excluding carboxylic acids is 2. The maximum atomic E-state index is 12.5. The fourth-order valence-electron chi connectivity index (χ4n) is 3.26. The lowest BCUT2D eigenvalue weighted by Crippen LogP contribution is -2.38. The molecule has 1 aromatic rings. The molecule has 126 valence electrons. The zero-order valence-electron chi connectivity index (χ0n) is 13.7. The Morgan fingerprint density at radius 1 is 1.30 bits per heavy atom. The number of thiazole rings is 1. The molecule has 1 saturated carbocycles. The number of hydrogen-bond donors (Lipinski definition) is 2. The third-order valence-corrected chi connectivity index (χ3v) is 5.39. The largest absolute Gasteiger partial charge is 0.337 e. The molecule has 3 amide bonds. The van der Waals surface area contributed by atoms with Gasteiger partial charge in [-0.2, -0.15) is 0 Å². The van der Waals surface area contributed by atoms with E-state index < -0.39 is 0 Å². The van der Waals surface area contributed by atoms with E-state index in [9.17, 15) is 9.59 Å². The van der Waals surface area contributed by atoms with Crippen LogP contribution >= 0.6 is 11.3 Å². The maximum absolute atomic E-state index is 12.5. The van der Waals surface area contributed by atoms with E-state index in [1.807, 2.05) is 18.7 Å². The standard InChI is InChI=1S/C16H24N4O2S/c1-10(2)17-15(22)19-16-18-12-7-8-20(9-13(12)23-16)14(21)11-5-3-4-6-11/h10-11H,3-9H2,1-2H3,(H2,17,18,19,22). The molecule has 0 atom stereocenters. The molecule has 0 bridgehead atoms. The highest BCUT2D eigenvalue weighted by atomic mass is 32.1.